The van der Waals surface area contributed by atoms with Crippen LogP contribution in [0.3, 0.4) is 0 Å². The molecule has 6 nitrogen and oxygen atoms in total. The quantitative estimate of drug-likeness (QED) is 0.551. The first-order chi connectivity index (χ1) is 16.0. The van der Waals surface area contributed by atoms with Crippen LogP contribution in [0.15, 0.2) is 35.7 Å². The highest BCUT2D eigenvalue weighted by molar-refractivity contribution is 7.10. The van der Waals surface area contributed by atoms with Gasteiger partial charge in [0.05, 0.1) is 6.04 Å². The molecule has 1 aromatic heterocycles. The summed E-state index contributed by atoms with van der Waals surface area (Å²) in [5, 5.41) is 5.02. The van der Waals surface area contributed by atoms with Crippen LogP contribution in [0.5, 0.6) is 5.75 Å². The third-order valence-electron chi connectivity index (χ3n) is 5.71. The summed E-state index contributed by atoms with van der Waals surface area (Å²) in [6, 6.07) is 7.44. The molecule has 8 heteroatoms. The molecule has 1 aliphatic rings. The van der Waals surface area contributed by atoms with Crippen LogP contribution in [-0.2, 0) is 11.2 Å². The summed E-state index contributed by atoms with van der Waals surface area (Å²) >= 11 is 1.69. The van der Waals surface area contributed by atoms with Gasteiger partial charge in [0.1, 0.15) is 24.7 Å². The maximum absolute atomic E-state index is 13.5. The topological polar surface area (TPSA) is 61.9 Å². The van der Waals surface area contributed by atoms with Gasteiger partial charge in [-0.05, 0) is 80.8 Å². The lowest BCUT2D eigenvalue weighted by molar-refractivity contribution is -0.135. The van der Waals surface area contributed by atoms with Crippen molar-refractivity contribution in [3.8, 4) is 5.75 Å². The molecule has 1 aliphatic heterocycles. The fraction of sp³-hybridized carbons (Fsp3) is 0.538. The molecule has 0 fully saturated rings. The number of hydrogen-bond acceptors (Lipinski definition) is 4. The summed E-state index contributed by atoms with van der Waals surface area (Å²) in [4.78, 5) is 31.2. The van der Waals surface area contributed by atoms with Gasteiger partial charge in [0.15, 0.2) is 0 Å². The Balaban J connectivity index is 1.75. The smallest absolute Gasteiger partial charge is 0.318 e. The number of hydrogen-bond donors (Lipinski definition) is 1. The van der Waals surface area contributed by atoms with Gasteiger partial charge in [-0.3, -0.25) is 4.79 Å². The number of fused-ring (bicyclic) bond motifs is 1. The van der Waals surface area contributed by atoms with E-state index in [2.05, 4.69) is 19.2 Å². The van der Waals surface area contributed by atoms with Crippen LogP contribution >= 0.6 is 11.3 Å². The second-order valence-corrected chi connectivity index (χ2v) is 11.2. The molecule has 2 aromatic rings. The normalized spacial score (nSPS) is 15.7. The van der Waals surface area contributed by atoms with E-state index in [1.807, 2.05) is 37.1 Å². The number of carbonyl (C=O) groups excluding carboxylic acids is 2. The molecular weight excluding hydrogens is 453 g/mol. The Bertz CT molecular complexity index is 968. The number of halogens is 1. The van der Waals surface area contributed by atoms with Crippen molar-refractivity contribution in [1.82, 2.24) is 15.1 Å². The molecule has 0 radical (unpaired) electrons. The number of ether oxygens (including phenoxy) is 1. The van der Waals surface area contributed by atoms with Gasteiger partial charge in [-0.15, -0.1) is 11.3 Å². The summed E-state index contributed by atoms with van der Waals surface area (Å²) in [5.41, 5.74) is 0.693. The van der Waals surface area contributed by atoms with Crippen LogP contribution in [0.4, 0.5) is 9.18 Å². The van der Waals surface area contributed by atoms with E-state index in [-0.39, 0.29) is 36.9 Å². The number of urea groups is 1. The summed E-state index contributed by atoms with van der Waals surface area (Å²) in [6.07, 6.45) is 1.60. The minimum Gasteiger partial charge on any atom is -0.491 e. The van der Waals surface area contributed by atoms with E-state index < -0.39 is 5.54 Å². The lowest BCUT2D eigenvalue weighted by Gasteiger charge is -2.37. The minimum atomic E-state index is -0.390. The van der Waals surface area contributed by atoms with E-state index in [1.54, 1.807) is 28.4 Å². The molecule has 2 heterocycles. The first-order valence-corrected chi connectivity index (χ1v) is 12.7. The number of nitrogens with one attached hydrogen (secondary N) is 1. The molecule has 1 aromatic carbocycles. The van der Waals surface area contributed by atoms with Gasteiger partial charge in [-0.1, -0.05) is 13.8 Å². The van der Waals surface area contributed by atoms with Crippen LogP contribution in [0.2, 0.25) is 0 Å². The average molecular weight is 490 g/mol. The summed E-state index contributed by atoms with van der Waals surface area (Å²) < 4.78 is 19.2. The van der Waals surface area contributed by atoms with Crippen molar-refractivity contribution in [3.63, 3.8) is 0 Å². The SMILES string of the molecule is CC(C)CCN(CC(=O)N1CCc2sccc2C1COc1ccc(F)cc1)C(=O)NC(C)(C)C. The van der Waals surface area contributed by atoms with Gasteiger partial charge in [-0.2, -0.15) is 0 Å². The van der Waals surface area contributed by atoms with Gasteiger partial charge in [0.25, 0.3) is 0 Å². The highest BCUT2D eigenvalue weighted by Crippen LogP contribution is 2.34. The van der Waals surface area contributed by atoms with Gasteiger partial charge in [0.2, 0.25) is 5.91 Å². The van der Waals surface area contributed by atoms with Crippen molar-refractivity contribution >= 4 is 23.3 Å². The fourth-order valence-corrected chi connectivity index (χ4v) is 4.83. The molecule has 0 spiro atoms. The van der Waals surface area contributed by atoms with Gasteiger partial charge >= 0.3 is 6.03 Å². The number of carbonyl (C=O) groups is 2. The molecule has 0 aliphatic carbocycles. The molecule has 1 atom stereocenters. The molecule has 3 rings (SSSR count). The third-order valence-corrected chi connectivity index (χ3v) is 6.70. The lowest BCUT2D eigenvalue weighted by Crippen LogP contribution is -2.53. The van der Waals surface area contributed by atoms with Gasteiger partial charge < -0.3 is 19.9 Å². The highest BCUT2D eigenvalue weighted by Gasteiger charge is 2.34. The Morgan fingerprint density at radius 1 is 1.24 bits per heavy atom. The number of thiophene rings is 1. The van der Waals surface area contributed by atoms with Crippen molar-refractivity contribution < 1.29 is 18.7 Å². The molecule has 1 unspecified atom stereocenters. The van der Waals surface area contributed by atoms with Crippen LogP contribution in [-0.4, -0.2) is 53.5 Å². The first-order valence-electron chi connectivity index (χ1n) is 11.8. The zero-order valence-corrected chi connectivity index (χ0v) is 21.6. The zero-order chi connectivity index (χ0) is 24.9. The minimum absolute atomic E-state index is 0.0150. The summed E-state index contributed by atoms with van der Waals surface area (Å²) in [7, 11) is 0. The van der Waals surface area contributed by atoms with Gasteiger partial charge in [-0.25, -0.2) is 9.18 Å². The lowest BCUT2D eigenvalue weighted by atomic mass is 10.0. The van der Waals surface area contributed by atoms with E-state index in [0.29, 0.717) is 24.8 Å². The molecule has 3 amide bonds. The maximum Gasteiger partial charge on any atom is 0.318 e. The molecular formula is C26H36FN3O3S. The molecule has 0 bridgehead atoms. The van der Waals surface area contributed by atoms with E-state index in [0.717, 1.165) is 18.4 Å². The molecule has 186 valence electrons. The largest absolute Gasteiger partial charge is 0.491 e. The number of benzene rings is 1. The molecule has 0 saturated carbocycles. The Hall–Kier alpha value is -2.61. The van der Waals surface area contributed by atoms with E-state index in [1.165, 1.54) is 17.0 Å². The fourth-order valence-electron chi connectivity index (χ4n) is 3.90. The Morgan fingerprint density at radius 2 is 1.94 bits per heavy atom. The number of nitrogens with zero attached hydrogens (tertiary/aromatic N) is 2. The van der Waals surface area contributed by atoms with Crippen molar-refractivity contribution in [2.45, 2.75) is 59.0 Å². The number of amides is 3. The van der Waals surface area contributed by atoms with Crippen LogP contribution < -0.4 is 10.1 Å². The predicted octanol–water partition coefficient (Wildman–Crippen LogP) is 5.25. The second-order valence-electron chi connectivity index (χ2n) is 10.2. The van der Waals surface area contributed by atoms with Crippen molar-refractivity contribution in [2.75, 3.05) is 26.2 Å². The zero-order valence-electron chi connectivity index (χ0n) is 20.8. The van der Waals surface area contributed by atoms with E-state index in [9.17, 15) is 14.0 Å². The Kier molecular flexibility index (Phi) is 8.57. The van der Waals surface area contributed by atoms with Crippen LogP contribution in [0, 0.1) is 11.7 Å². The third kappa shape index (κ3) is 7.19. The molecule has 34 heavy (non-hydrogen) atoms. The van der Waals surface area contributed by atoms with E-state index >= 15 is 0 Å². The van der Waals surface area contributed by atoms with Crippen molar-refractivity contribution in [1.29, 1.82) is 0 Å². The van der Waals surface area contributed by atoms with E-state index in [4.69, 9.17) is 4.74 Å². The van der Waals surface area contributed by atoms with Crippen molar-refractivity contribution in [2.24, 2.45) is 5.92 Å². The Labute approximate surface area is 206 Å². The molecule has 1 N–H and O–H groups in total. The first kappa shape index (κ1) is 26.0. The Morgan fingerprint density at radius 3 is 2.59 bits per heavy atom. The van der Waals surface area contributed by atoms with Gasteiger partial charge in [0, 0.05) is 23.5 Å². The maximum atomic E-state index is 13.5. The second kappa shape index (κ2) is 11.2. The monoisotopic (exact) mass is 489 g/mol. The highest BCUT2D eigenvalue weighted by atomic mass is 32.1. The number of rotatable bonds is 8. The van der Waals surface area contributed by atoms with Crippen LogP contribution in [0.1, 0.15) is 57.5 Å². The standard InChI is InChI=1S/C26H36FN3O3S/c1-18(2)10-13-29(25(32)28-26(3,4)5)16-24(31)30-14-11-23-21(12-15-34-23)22(30)17-33-20-8-6-19(27)7-9-20/h6-9,12,15,18,22H,10-11,13-14,16-17H2,1-5H3,(H,28,32). The average Bonchev–Trinajstić information content (AvgIpc) is 3.23. The van der Waals surface area contributed by atoms with Crippen LogP contribution in [0.25, 0.3) is 0 Å². The predicted molar refractivity (Wildman–Crippen MR) is 134 cm³/mol. The molecule has 0 saturated heterocycles. The van der Waals surface area contributed by atoms with Crippen molar-refractivity contribution in [3.05, 3.63) is 52.0 Å². The summed E-state index contributed by atoms with van der Waals surface area (Å²) in [6.45, 7) is 11.4. The summed E-state index contributed by atoms with van der Waals surface area (Å²) in [5.74, 6) is 0.550.